The van der Waals surface area contributed by atoms with Crippen molar-refractivity contribution in [3.8, 4) is 0 Å². The molecule has 3 heterocycles. The van der Waals surface area contributed by atoms with Crippen LogP contribution in [0, 0.1) is 5.92 Å². The van der Waals surface area contributed by atoms with Gasteiger partial charge in [0.2, 0.25) is 5.91 Å². The minimum absolute atomic E-state index is 0.0611. The molecule has 2 atom stereocenters. The highest BCUT2D eigenvalue weighted by Crippen LogP contribution is 2.39. The van der Waals surface area contributed by atoms with Gasteiger partial charge in [-0.2, -0.15) is 0 Å². The number of fused-ring (bicyclic) bond motifs is 1. The minimum atomic E-state index is -1.19. The molecule has 1 amide bonds. The number of amides is 1. The molecule has 1 fully saturated rings. The number of pyridine rings is 1. The van der Waals surface area contributed by atoms with Crippen LogP contribution in [0.4, 0.5) is 0 Å². The summed E-state index contributed by atoms with van der Waals surface area (Å²) in [4.78, 5) is 41.9. The second-order valence-electron chi connectivity index (χ2n) is 5.92. The van der Waals surface area contributed by atoms with Crippen LogP contribution >= 0.6 is 11.8 Å². The third kappa shape index (κ3) is 4.04. The van der Waals surface area contributed by atoms with Gasteiger partial charge in [0.1, 0.15) is 18.5 Å². The van der Waals surface area contributed by atoms with Gasteiger partial charge in [-0.05, 0) is 17.7 Å². The summed E-state index contributed by atoms with van der Waals surface area (Å²) < 4.78 is 10.6. The number of carbonyl (C=O) groups excluding carboxylic acids is 2. The van der Waals surface area contributed by atoms with Crippen molar-refractivity contribution in [3.63, 3.8) is 0 Å². The standard InChI is InChI=1S/C18H18N2O6S/c1-2-7-25-14(21)8-13-16(22)20-15(18(23)24)11(9-26-17(13)20)10-27-12-3-5-19-6-4-12/h2-6,13,17H,1,7-10H2,(H,23,24)/t13-,17-/m1/s1. The fourth-order valence-electron chi connectivity index (χ4n) is 2.92. The maximum atomic E-state index is 12.4. The lowest BCUT2D eigenvalue weighted by molar-refractivity contribution is -0.196. The predicted octanol–water partition coefficient (Wildman–Crippen LogP) is 1.45. The van der Waals surface area contributed by atoms with Crippen molar-refractivity contribution in [2.24, 2.45) is 5.92 Å². The number of hydrogen-bond acceptors (Lipinski definition) is 7. The molecule has 1 aromatic rings. The second kappa shape index (κ2) is 8.36. The highest BCUT2D eigenvalue weighted by Gasteiger charge is 2.54. The fourth-order valence-corrected chi connectivity index (χ4v) is 3.80. The number of rotatable bonds is 8. The molecular weight excluding hydrogens is 372 g/mol. The van der Waals surface area contributed by atoms with Crippen LogP contribution in [0.1, 0.15) is 6.42 Å². The Morgan fingerprint density at radius 1 is 1.44 bits per heavy atom. The van der Waals surface area contributed by atoms with E-state index in [9.17, 15) is 19.5 Å². The van der Waals surface area contributed by atoms with Crippen LogP contribution in [-0.2, 0) is 23.9 Å². The Hall–Kier alpha value is -2.65. The molecule has 3 rings (SSSR count). The van der Waals surface area contributed by atoms with Gasteiger partial charge in [0.15, 0.2) is 0 Å². The van der Waals surface area contributed by atoms with Gasteiger partial charge in [0, 0.05) is 23.0 Å². The van der Waals surface area contributed by atoms with Gasteiger partial charge in [-0.1, -0.05) is 12.7 Å². The number of aliphatic carboxylic acids is 1. The second-order valence-corrected chi connectivity index (χ2v) is 6.97. The van der Waals surface area contributed by atoms with Gasteiger partial charge in [-0.3, -0.25) is 19.5 Å². The first-order chi connectivity index (χ1) is 13.0. The molecule has 1 saturated heterocycles. The third-order valence-corrected chi connectivity index (χ3v) is 5.27. The molecule has 8 nitrogen and oxygen atoms in total. The Morgan fingerprint density at radius 2 is 2.19 bits per heavy atom. The monoisotopic (exact) mass is 390 g/mol. The molecule has 9 heteroatoms. The number of carboxylic acids is 1. The van der Waals surface area contributed by atoms with Gasteiger partial charge in [-0.25, -0.2) is 4.79 Å². The summed E-state index contributed by atoms with van der Waals surface area (Å²) in [5, 5.41) is 9.60. The number of β-lactam (4-membered cyclic amide) rings is 1. The van der Waals surface area contributed by atoms with Crippen molar-refractivity contribution in [2.75, 3.05) is 19.0 Å². The zero-order valence-electron chi connectivity index (χ0n) is 14.4. The number of nitrogens with zero attached hydrogens (tertiary/aromatic N) is 2. The maximum Gasteiger partial charge on any atom is 0.352 e. The van der Waals surface area contributed by atoms with Crippen molar-refractivity contribution >= 4 is 29.6 Å². The largest absolute Gasteiger partial charge is 0.477 e. The average molecular weight is 390 g/mol. The van der Waals surface area contributed by atoms with E-state index in [1.165, 1.54) is 17.8 Å². The Kier molecular flexibility index (Phi) is 5.92. The van der Waals surface area contributed by atoms with E-state index in [1.807, 2.05) is 12.1 Å². The lowest BCUT2D eigenvalue weighted by Gasteiger charge is -2.49. The van der Waals surface area contributed by atoms with Crippen LogP contribution in [0.25, 0.3) is 0 Å². The quantitative estimate of drug-likeness (QED) is 0.308. The molecule has 142 valence electrons. The minimum Gasteiger partial charge on any atom is -0.477 e. The molecule has 0 aliphatic carbocycles. The predicted molar refractivity (Wildman–Crippen MR) is 95.5 cm³/mol. The molecular formula is C18H18N2O6S. The molecule has 0 bridgehead atoms. The number of thioether (sulfide) groups is 1. The summed E-state index contributed by atoms with van der Waals surface area (Å²) in [7, 11) is 0. The van der Waals surface area contributed by atoms with Gasteiger partial charge >= 0.3 is 11.9 Å². The molecule has 0 saturated carbocycles. The molecule has 1 N–H and O–H groups in total. The molecule has 0 spiro atoms. The Morgan fingerprint density at radius 3 is 2.85 bits per heavy atom. The SMILES string of the molecule is C=CCOC(=O)C[C@@H]1C(=O)N2C(C(=O)O)=C(CSc3ccncc3)CO[C@H]12. The summed E-state index contributed by atoms with van der Waals surface area (Å²) >= 11 is 1.43. The maximum absolute atomic E-state index is 12.4. The molecule has 2 aliphatic heterocycles. The smallest absolute Gasteiger partial charge is 0.352 e. The van der Waals surface area contributed by atoms with Crippen LogP contribution in [0.15, 0.2) is 53.3 Å². The molecule has 2 aliphatic rings. The average Bonchev–Trinajstić information content (AvgIpc) is 2.68. The number of aromatic nitrogens is 1. The zero-order valence-corrected chi connectivity index (χ0v) is 15.2. The molecule has 0 aromatic carbocycles. The first kappa shape index (κ1) is 19.1. The van der Waals surface area contributed by atoms with Gasteiger partial charge < -0.3 is 14.6 Å². The van der Waals surface area contributed by atoms with Crippen LogP contribution < -0.4 is 0 Å². The Balaban J connectivity index is 1.70. The van der Waals surface area contributed by atoms with Crippen molar-refractivity contribution in [2.45, 2.75) is 17.5 Å². The third-order valence-electron chi connectivity index (χ3n) is 4.17. The van der Waals surface area contributed by atoms with Crippen LogP contribution in [0.3, 0.4) is 0 Å². The van der Waals surface area contributed by atoms with Crippen LogP contribution in [-0.4, -0.2) is 58.0 Å². The van der Waals surface area contributed by atoms with Crippen molar-refractivity contribution < 1.29 is 29.0 Å². The molecule has 0 unspecified atom stereocenters. The fraction of sp³-hybridized carbons (Fsp3) is 0.333. The number of esters is 1. The molecule has 27 heavy (non-hydrogen) atoms. The summed E-state index contributed by atoms with van der Waals surface area (Å²) in [5.41, 5.74) is 0.454. The van der Waals surface area contributed by atoms with E-state index in [2.05, 4.69) is 11.6 Å². The Bertz CT molecular complexity index is 794. The summed E-state index contributed by atoms with van der Waals surface area (Å²) in [6.07, 6.45) is 3.83. The first-order valence-corrected chi connectivity index (χ1v) is 9.20. The summed E-state index contributed by atoms with van der Waals surface area (Å²) in [6.45, 7) is 3.60. The summed E-state index contributed by atoms with van der Waals surface area (Å²) in [6, 6.07) is 3.63. The lowest BCUT2D eigenvalue weighted by Crippen LogP contribution is -2.64. The van der Waals surface area contributed by atoms with Crippen LogP contribution in [0.5, 0.6) is 0 Å². The van der Waals surface area contributed by atoms with E-state index < -0.39 is 30.0 Å². The highest BCUT2D eigenvalue weighted by atomic mass is 32.2. The van der Waals surface area contributed by atoms with Gasteiger partial charge in [0.05, 0.1) is 18.9 Å². The normalized spacial score (nSPS) is 21.3. The van der Waals surface area contributed by atoms with E-state index in [0.717, 1.165) is 9.80 Å². The van der Waals surface area contributed by atoms with Crippen molar-refractivity contribution in [1.82, 2.24) is 9.88 Å². The van der Waals surface area contributed by atoms with Crippen molar-refractivity contribution in [1.29, 1.82) is 0 Å². The van der Waals surface area contributed by atoms with Crippen LogP contribution in [0.2, 0.25) is 0 Å². The van der Waals surface area contributed by atoms with E-state index >= 15 is 0 Å². The van der Waals surface area contributed by atoms with E-state index in [-0.39, 0.29) is 25.3 Å². The highest BCUT2D eigenvalue weighted by molar-refractivity contribution is 7.99. The number of carboxylic acid groups (broad SMARTS) is 1. The lowest BCUT2D eigenvalue weighted by atomic mass is 9.89. The number of ether oxygens (including phenoxy) is 2. The van der Waals surface area contributed by atoms with Crippen molar-refractivity contribution in [3.05, 3.63) is 48.5 Å². The van der Waals surface area contributed by atoms with E-state index in [0.29, 0.717) is 11.3 Å². The molecule has 1 aromatic heterocycles. The first-order valence-electron chi connectivity index (χ1n) is 8.22. The number of hydrogen-bond donors (Lipinski definition) is 1. The van der Waals surface area contributed by atoms with Gasteiger partial charge in [0.25, 0.3) is 0 Å². The molecule has 0 radical (unpaired) electrons. The topological polar surface area (TPSA) is 106 Å². The van der Waals surface area contributed by atoms with E-state index in [4.69, 9.17) is 9.47 Å². The Labute approximate surface area is 159 Å². The van der Waals surface area contributed by atoms with Gasteiger partial charge in [-0.15, -0.1) is 11.8 Å². The zero-order chi connectivity index (χ0) is 19.4. The van der Waals surface area contributed by atoms with E-state index in [1.54, 1.807) is 12.4 Å². The number of carbonyl (C=O) groups is 3. The summed E-state index contributed by atoms with van der Waals surface area (Å²) in [5.74, 6) is -2.54.